The summed E-state index contributed by atoms with van der Waals surface area (Å²) in [4.78, 5) is 14.1. The highest BCUT2D eigenvalue weighted by Crippen LogP contribution is 2.40. The van der Waals surface area contributed by atoms with Gasteiger partial charge in [-0.1, -0.05) is 13.8 Å². The molecule has 0 unspecified atom stereocenters. The number of carbonyl (C=O) groups is 1. The van der Waals surface area contributed by atoms with Crippen LogP contribution < -0.4 is 5.32 Å². The molecule has 1 saturated carbocycles. The number of rotatable bonds is 5. The van der Waals surface area contributed by atoms with Gasteiger partial charge in [0.2, 0.25) is 11.8 Å². The molecule has 1 aromatic rings. The lowest BCUT2D eigenvalue weighted by atomic mass is 9.97. The normalized spacial score (nSPS) is 19.7. The molecule has 2 amide bonds. The van der Waals surface area contributed by atoms with Crippen molar-refractivity contribution in [2.24, 2.45) is 0 Å². The SMILES string of the molecule is CCC(CC)NC(=O)N1CCC(c2nnc(C3CC3)o2)CC1. The standard InChI is InChI=1S/C16H26N4O2/c1-3-13(4-2)17-16(21)20-9-7-12(8-10-20)15-19-18-14(22-15)11-5-6-11/h11-13H,3-10H2,1-2H3,(H,17,21). The van der Waals surface area contributed by atoms with Crippen LogP contribution in [0.2, 0.25) is 0 Å². The lowest BCUT2D eigenvalue weighted by molar-refractivity contribution is 0.172. The maximum absolute atomic E-state index is 12.2. The van der Waals surface area contributed by atoms with Gasteiger partial charge in [0.25, 0.3) is 0 Å². The maximum atomic E-state index is 12.2. The van der Waals surface area contributed by atoms with Crippen LogP contribution in [0.4, 0.5) is 4.79 Å². The van der Waals surface area contributed by atoms with Gasteiger partial charge in [-0.25, -0.2) is 4.79 Å². The maximum Gasteiger partial charge on any atom is 0.317 e. The fourth-order valence-electron chi connectivity index (χ4n) is 3.00. The molecule has 22 heavy (non-hydrogen) atoms. The average molecular weight is 306 g/mol. The summed E-state index contributed by atoms with van der Waals surface area (Å²) in [5.41, 5.74) is 0. The lowest BCUT2D eigenvalue weighted by Crippen LogP contribution is -2.47. The quantitative estimate of drug-likeness (QED) is 0.907. The Balaban J connectivity index is 1.49. The van der Waals surface area contributed by atoms with Crippen LogP contribution in [0.5, 0.6) is 0 Å². The third kappa shape index (κ3) is 3.42. The fraction of sp³-hybridized carbons (Fsp3) is 0.812. The summed E-state index contributed by atoms with van der Waals surface area (Å²) < 4.78 is 5.80. The monoisotopic (exact) mass is 306 g/mol. The van der Waals surface area contributed by atoms with Crippen molar-refractivity contribution in [3.63, 3.8) is 0 Å². The molecule has 3 rings (SSSR count). The van der Waals surface area contributed by atoms with E-state index in [1.807, 2.05) is 4.90 Å². The number of piperidine rings is 1. The van der Waals surface area contributed by atoms with Crippen LogP contribution in [-0.2, 0) is 0 Å². The Hall–Kier alpha value is -1.59. The van der Waals surface area contributed by atoms with Gasteiger partial charge in [0.05, 0.1) is 0 Å². The Morgan fingerprint density at radius 3 is 2.18 bits per heavy atom. The van der Waals surface area contributed by atoms with Crippen LogP contribution >= 0.6 is 0 Å². The van der Waals surface area contributed by atoms with Crippen LogP contribution in [-0.4, -0.2) is 40.3 Å². The van der Waals surface area contributed by atoms with E-state index >= 15 is 0 Å². The van der Waals surface area contributed by atoms with E-state index in [0.717, 1.165) is 50.6 Å². The smallest absolute Gasteiger partial charge is 0.317 e. The van der Waals surface area contributed by atoms with Gasteiger partial charge in [-0.2, -0.15) is 0 Å². The molecule has 1 aliphatic heterocycles. The summed E-state index contributed by atoms with van der Waals surface area (Å²) in [7, 11) is 0. The number of aromatic nitrogens is 2. The summed E-state index contributed by atoms with van der Waals surface area (Å²) in [5.74, 6) is 2.38. The Labute approximate surface area is 131 Å². The highest BCUT2D eigenvalue weighted by atomic mass is 16.4. The Morgan fingerprint density at radius 1 is 1.14 bits per heavy atom. The fourth-order valence-corrected chi connectivity index (χ4v) is 3.00. The second-order valence-electron chi connectivity index (χ2n) is 6.48. The number of hydrogen-bond acceptors (Lipinski definition) is 4. The van der Waals surface area contributed by atoms with Crippen LogP contribution in [0.3, 0.4) is 0 Å². The zero-order valence-corrected chi connectivity index (χ0v) is 13.5. The molecule has 0 bridgehead atoms. The van der Waals surface area contributed by atoms with Gasteiger partial charge in [0, 0.05) is 31.0 Å². The Kier molecular flexibility index (Phi) is 4.64. The Bertz CT molecular complexity index is 500. The van der Waals surface area contributed by atoms with Crippen LogP contribution in [0.15, 0.2) is 4.42 Å². The van der Waals surface area contributed by atoms with E-state index in [0.29, 0.717) is 11.8 Å². The summed E-state index contributed by atoms with van der Waals surface area (Å²) in [6.07, 6.45) is 6.12. The molecule has 0 aromatic carbocycles. The predicted octanol–water partition coefficient (Wildman–Crippen LogP) is 3.02. The Morgan fingerprint density at radius 2 is 1.68 bits per heavy atom. The molecule has 0 radical (unpaired) electrons. The van der Waals surface area contributed by atoms with Gasteiger partial charge in [-0.15, -0.1) is 10.2 Å². The topological polar surface area (TPSA) is 71.3 Å². The first-order valence-electron chi connectivity index (χ1n) is 8.60. The number of amides is 2. The molecular formula is C16H26N4O2. The number of nitrogens with zero attached hydrogens (tertiary/aromatic N) is 3. The number of likely N-dealkylation sites (tertiary alicyclic amines) is 1. The number of nitrogens with one attached hydrogen (secondary N) is 1. The van der Waals surface area contributed by atoms with Crippen molar-refractivity contribution in [1.29, 1.82) is 0 Å². The minimum atomic E-state index is 0.0661. The van der Waals surface area contributed by atoms with Gasteiger partial charge >= 0.3 is 6.03 Å². The van der Waals surface area contributed by atoms with E-state index in [2.05, 4.69) is 29.4 Å². The summed E-state index contributed by atoms with van der Waals surface area (Å²) in [6, 6.07) is 0.346. The van der Waals surface area contributed by atoms with E-state index < -0.39 is 0 Å². The van der Waals surface area contributed by atoms with E-state index in [9.17, 15) is 4.79 Å². The molecule has 6 heteroatoms. The van der Waals surface area contributed by atoms with E-state index in [1.165, 1.54) is 12.8 Å². The molecule has 2 heterocycles. The van der Waals surface area contributed by atoms with Crippen LogP contribution in [0.1, 0.15) is 76.0 Å². The largest absolute Gasteiger partial charge is 0.425 e. The lowest BCUT2D eigenvalue weighted by Gasteiger charge is -2.31. The average Bonchev–Trinajstić information content (AvgIpc) is 3.30. The summed E-state index contributed by atoms with van der Waals surface area (Å²) in [5, 5.41) is 11.5. The van der Waals surface area contributed by atoms with Crippen molar-refractivity contribution in [2.45, 2.75) is 70.3 Å². The number of carbonyl (C=O) groups excluding carboxylic acids is 1. The second kappa shape index (κ2) is 6.67. The number of urea groups is 1. The van der Waals surface area contributed by atoms with Crippen LogP contribution in [0, 0.1) is 0 Å². The second-order valence-corrected chi connectivity index (χ2v) is 6.48. The molecule has 1 saturated heterocycles. The van der Waals surface area contributed by atoms with Gasteiger partial charge in [0.1, 0.15) is 0 Å². The first-order chi connectivity index (χ1) is 10.7. The minimum absolute atomic E-state index is 0.0661. The third-order valence-corrected chi connectivity index (χ3v) is 4.83. The van der Waals surface area contributed by atoms with Crippen molar-refractivity contribution in [1.82, 2.24) is 20.4 Å². The molecule has 2 aliphatic rings. The molecule has 1 aliphatic carbocycles. The molecule has 0 atom stereocenters. The molecular weight excluding hydrogens is 280 g/mol. The zero-order chi connectivity index (χ0) is 15.5. The molecule has 1 N–H and O–H groups in total. The summed E-state index contributed by atoms with van der Waals surface area (Å²) >= 11 is 0. The third-order valence-electron chi connectivity index (χ3n) is 4.83. The molecule has 6 nitrogen and oxygen atoms in total. The van der Waals surface area contributed by atoms with Crippen molar-refractivity contribution in [2.75, 3.05) is 13.1 Å². The van der Waals surface area contributed by atoms with Crippen molar-refractivity contribution < 1.29 is 9.21 Å². The first-order valence-corrected chi connectivity index (χ1v) is 8.60. The van der Waals surface area contributed by atoms with Gasteiger partial charge in [-0.3, -0.25) is 0 Å². The van der Waals surface area contributed by atoms with Gasteiger partial charge in [0.15, 0.2) is 0 Å². The highest BCUT2D eigenvalue weighted by Gasteiger charge is 2.32. The van der Waals surface area contributed by atoms with Crippen LogP contribution in [0.25, 0.3) is 0 Å². The van der Waals surface area contributed by atoms with Gasteiger partial charge < -0.3 is 14.6 Å². The first kappa shape index (κ1) is 15.3. The van der Waals surface area contributed by atoms with E-state index in [1.54, 1.807) is 0 Å². The summed E-state index contributed by atoms with van der Waals surface area (Å²) in [6.45, 7) is 5.73. The molecule has 0 spiro atoms. The minimum Gasteiger partial charge on any atom is -0.425 e. The zero-order valence-electron chi connectivity index (χ0n) is 13.5. The molecule has 1 aromatic heterocycles. The van der Waals surface area contributed by atoms with Crippen molar-refractivity contribution in [3.8, 4) is 0 Å². The van der Waals surface area contributed by atoms with E-state index in [-0.39, 0.29) is 12.1 Å². The molecule has 122 valence electrons. The predicted molar refractivity (Wildman–Crippen MR) is 82.7 cm³/mol. The molecule has 2 fully saturated rings. The number of hydrogen-bond donors (Lipinski definition) is 1. The van der Waals surface area contributed by atoms with Crippen molar-refractivity contribution >= 4 is 6.03 Å². The van der Waals surface area contributed by atoms with Gasteiger partial charge in [-0.05, 0) is 38.5 Å². The highest BCUT2D eigenvalue weighted by molar-refractivity contribution is 5.74. The van der Waals surface area contributed by atoms with E-state index in [4.69, 9.17) is 4.42 Å². The van der Waals surface area contributed by atoms with Crippen molar-refractivity contribution in [3.05, 3.63) is 11.8 Å².